The second-order valence-corrected chi connectivity index (χ2v) is 11.2. The molecule has 0 spiro atoms. The van der Waals surface area contributed by atoms with Gasteiger partial charge >= 0.3 is 16.5 Å². The molecule has 7 rings (SSSR count). The Bertz CT molecular complexity index is 1700. The molecule has 4 aromatic rings. The van der Waals surface area contributed by atoms with Gasteiger partial charge in [0.25, 0.3) is 0 Å². The van der Waals surface area contributed by atoms with E-state index in [9.17, 15) is 9.13 Å². The van der Waals surface area contributed by atoms with Crippen LogP contribution in [0.2, 0.25) is 0 Å². The molecule has 18 nitrogen and oxygen atoms in total. The SMILES string of the molecule is Nc1ncnc2c1ncn2C1OC2CO[P+](=O)OC3C(F)C(CO[P+](=O)OC2C1F)OC3n1cnc2c(N)ncnc21. The molecule has 0 aliphatic carbocycles. The monoisotopic (exact) mass is 628 g/mol. The number of aromatic nitrogens is 8. The second-order valence-electron chi connectivity index (χ2n) is 9.36. The summed E-state index contributed by atoms with van der Waals surface area (Å²) in [6.45, 7) is -1.14. The lowest BCUT2D eigenvalue weighted by molar-refractivity contribution is -0.0553. The van der Waals surface area contributed by atoms with Crippen LogP contribution in [0.1, 0.15) is 12.5 Å². The quantitative estimate of drug-likeness (QED) is 0.299. The minimum Gasteiger partial charge on any atom is -0.382 e. The van der Waals surface area contributed by atoms with E-state index in [1.165, 1.54) is 34.4 Å². The number of nitrogen functional groups attached to an aromatic ring is 2. The molecule has 3 aliphatic heterocycles. The molecule has 0 saturated carbocycles. The first-order valence-electron chi connectivity index (χ1n) is 12.3. The van der Waals surface area contributed by atoms with Gasteiger partial charge in [-0.15, -0.1) is 18.1 Å². The van der Waals surface area contributed by atoms with Crippen molar-refractivity contribution in [3.8, 4) is 0 Å². The number of ether oxygens (including phenoxy) is 2. The summed E-state index contributed by atoms with van der Waals surface area (Å²) in [5.41, 5.74) is 12.5. The van der Waals surface area contributed by atoms with Gasteiger partial charge in [0.05, 0.1) is 12.7 Å². The minimum atomic E-state index is -3.02. The van der Waals surface area contributed by atoms with E-state index in [1.807, 2.05) is 0 Å². The molecule has 10 unspecified atom stereocenters. The zero-order valence-electron chi connectivity index (χ0n) is 21.0. The Balaban J connectivity index is 1.15. The zero-order chi connectivity index (χ0) is 29.1. The number of nitrogens with zero attached hydrogens (tertiary/aromatic N) is 8. The Hall–Kier alpha value is -3.48. The Morgan fingerprint density at radius 2 is 1.24 bits per heavy atom. The highest BCUT2D eigenvalue weighted by Gasteiger charge is 2.57. The van der Waals surface area contributed by atoms with Crippen molar-refractivity contribution < 1.29 is 45.5 Å². The summed E-state index contributed by atoms with van der Waals surface area (Å²) in [4.78, 5) is 24.1. The van der Waals surface area contributed by atoms with Crippen molar-refractivity contribution >= 4 is 50.5 Å². The summed E-state index contributed by atoms with van der Waals surface area (Å²) < 4.78 is 92.5. The first kappa shape index (κ1) is 27.4. The van der Waals surface area contributed by atoms with Gasteiger partial charge in [0, 0.05) is 9.13 Å². The maximum Gasteiger partial charge on any atom is 0.698 e. The topological polar surface area (TPSA) is 229 Å². The Kier molecular flexibility index (Phi) is 6.94. The van der Waals surface area contributed by atoms with Gasteiger partial charge in [0.15, 0.2) is 59.9 Å². The van der Waals surface area contributed by atoms with Crippen LogP contribution < -0.4 is 11.5 Å². The molecule has 0 amide bonds. The summed E-state index contributed by atoms with van der Waals surface area (Å²) in [6.07, 6.45) is -7.27. The molecule has 4 aromatic heterocycles. The molecule has 3 fully saturated rings. The van der Waals surface area contributed by atoms with Crippen LogP contribution in [0, 0.1) is 0 Å². The van der Waals surface area contributed by atoms with Crippen LogP contribution in [0.3, 0.4) is 0 Å². The minimum absolute atomic E-state index is 0.0702. The summed E-state index contributed by atoms with van der Waals surface area (Å²) >= 11 is 0. The van der Waals surface area contributed by atoms with Crippen molar-refractivity contribution in [3.63, 3.8) is 0 Å². The molecule has 10 atom stereocenters. The molecule has 7 heterocycles. The maximum atomic E-state index is 15.7. The van der Waals surface area contributed by atoms with Crippen LogP contribution >= 0.6 is 16.5 Å². The van der Waals surface area contributed by atoms with Crippen LogP contribution in [0.15, 0.2) is 25.3 Å². The molecule has 0 radical (unpaired) electrons. The number of anilines is 2. The molecule has 3 saturated heterocycles. The fourth-order valence-corrected chi connectivity index (χ4v) is 6.51. The molecule has 3 aliphatic rings. The first-order chi connectivity index (χ1) is 20.3. The van der Waals surface area contributed by atoms with Crippen molar-refractivity contribution in [1.29, 1.82) is 0 Å². The van der Waals surface area contributed by atoms with E-state index in [2.05, 4.69) is 29.9 Å². The first-order valence-corrected chi connectivity index (χ1v) is 14.5. The van der Waals surface area contributed by atoms with Gasteiger partial charge in [-0.2, -0.15) is 0 Å². The average molecular weight is 628 g/mol. The van der Waals surface area contributed by atoms with E-state index < -0.39 is 78.9 Å². The molecule has 0 aromatic carbocycles. The Labute approximate surface area is 234 Å². The number of fused-ring (bicyclic) bond motifs is 5. The Morgan fingerprint density at radius 3 is 1.86 bits per heavy atom. The van der Waals surface area contributed by atoms with Crippen molar-refractivity contribution in [3.05, 3.63) is 25.3 Å². The number of rotatable bonds is 2. The van der Waals surface area contributed by atoms with Crippen molar-refractivity contribution in [2.45, 2.75) is 49.2 Å². The summed E-state index contributed by atoms with van der Waals surface area (Å²) in [5.74, 6) is 0.146. The van der Waals surface area contributed by atoms with E-state index in [1.54, 1.807) is 0 Å². The third-order valence-corrected chi connectivity index (χ3v) is 8.51. The highest BCUT2D eigenvalue weighted by atomic mass is 31.1. The normalized spacial score (nSPS) is 34.2. The summed E-state index contributed by atoms with van der Waals surface area (Å²) in [6, 6.07) is 0. The summed E-state index contributed by atoms with van der Waals surface area (Å²) in [5, 5.41) is 0. The second kappa shape index (κ2) is 10.7. The van der Waals surface area contributed by atoms with E-state index in [0.29, 0.717) is 0 Å². The standard InChI is InChI=1S/C20H20F2N10O8P2/c21-9-7-1-35-41(33)39-13-8(38-19(10(13)22)31-5-29-11-15(23)25-3-27-17(11)31)2-36-42(34)40-14(9)20(37-7)32-6-30-12-16(24)26-4-28-18(12)32/h3-10,13-14,19-20H,1-2H2,(H2,23,25,27)(H2,24,26,28)/q+2. The molecule has 4 N–H and O–H groups in total. The van der Waals surface area contributed by atoms with E-state index in [4.69, 9.17) is 39.0 Å². The fraction of sp³-hybridized carbons (Fsp3) is 0.500. The molecule has 42 heavy (non-hydrogen) atoms. The lowest BCUT2D eigenvalue weighted by atomic mass is 10.1. The third-order valence-electron chi connectivity index (χ3n) is 6.96. The van der Waals surface area contributed by atoms with Crippen molar-refractivity contribution in [1.82, 2.24) is 39.0 Å². The van der Waals surface area contributed by atoms with Gasteiger partial charge < -0.3 is 20.9 Å². The molecular formula is C20H20F2N10O8P2+2. The largest absolute Gasteiger partial charge is 0.698 e. The predicted octanol–water partition coefficient (Wildman–Crippen LogP) is 1.43. The van der Waals surface area contributed by atoms with Crippen LogP contribution in [0.4, 0.5) is 20.4 Å². The number of alkyl halides is 2. The van der Waals surface area contributed by atoms with Crippen LogP contribution in [-0.4, -0.2) is 89.0 Å². The average Bonchev–Trinajstić information content (AvgIpc) is 3.73. The van der Waals surface area contributed by atoms with E-state index in [0.717, 1.165) is 0 Å². The lowest BCUT2D eigenvalue weighted by Crippen LogP contribution is -2.32. The summed E-state index contributed by atoms with van der Waals surface area (Å²) in [7, 11) is -6.04. The molecular weight excluding hydrogens is 608 g/mol. The number of halogens is 2. The van der Waals surface area contributed by atoms with Crippen LogP contribution in [0.5, 0.6) is 0 Å². The smallest absolute Gasteiger partial charge is 0.382 e. The fourth-order valence-electron chi connectivity index (χ4n) is 4.98. The lowest BCUT2D eigenvalue weighted by Gasteiger charge is -2.16. The maximum absolute atomic E-state index is 15.7. The number of nitrogens with two attached hydrogens (primary N) is 2. The number of hydrogen-bond acceptors (Lipinski definition) is 16. The van der Waals surface area contributed by atoms with Crippen molar-refractivity contribution in [2.24, 2.45) is 0 Å². The van der Waals surface area contributed by atoms with Gasteiger partial charge in [0.1, 0.15) is 49.1 Å². The zero-order valence-corrected chi connectivity index (χ0v) is 22.8. The molecule has 220 valence electrons. The van der Waals surface area contributed by atoms with E-state index >= 15 is 8.78 Å². The van der Waals surface area contributed by atoms with Gasteiger partial charge in [-0.25, -0.2) is 38.7 Å². The predicted molar refractivity (Wildman–Crippen MR) is 134 cm³/mol. The molecule has 22 heteroatoms. The van der Waals surface area contributed by atoms with Gasteiger partial charge in [-0.1, -0.05) is 0 Å². The highest BCUT2D eigenvalue weighted by molar-refractivity contribution is 7.33. The third kappa shape index (κ3) is 4.56. The van der Waals surface area contributed by atoms with Gasteiger partial charge in [-0.3, -0.25) is 9.13 Å². The van der Waals surface area contributed by atoms with Gasteiger partial charge in [-0.05, 0) is 0 Å². The number of hydrogen-bond donors (Lipinski definition) is 2. The van der Waals surface area contributed by atoms with Crippen LogP contribution in [-0.2, 0) is 36.7 Å². The van der Waals surface area contributed by atoms with E-state index in [-0.39, 0.29) is 34.0 Å². The Morgan fingerprint density at radius 1 is 0.714 bits per heavy atom. The van der Waals surface area contributed by atoms with Gasteiger partial charge in [0.2, 0.25) is 0 Å². The highest BCUT2D eigenvalue weighted by Crippen LogP contribution is 2.45. The van der Waals surface area contributed by atoms with Crippen molar-refractivity contribution in [2.75, 3.05) is 24.7 Å². The molecule has 2 bridgehead atoms. The van der Waals surface area contributed by atoms with Crippen LogP contribution in [0.25, 0.3) is 22.3 Å². The number of imidazole rings is 2.